The van der Waals surface area contributed by atoms with Crippen LogP contribution in [0.5, 0.6) is 0 Å². The van der Waals surface area contributed by atoms with Gasteiger partial charge in [-0.2, -0.15) is 4.37 Å². The number of benzene rings is 1. The van der Waals surface area contributed by atoms with Gasteiger partial charge in [0, 0.05) is 18.4 Å². The van der Waals surface area contributed by atoms with Crippen molar-refractivity contribution in [1.29, 1.82) is 0 Å². The summed E-state index contributed by atoms with van der Waals surface area (Å²) in [6, 6.07) is 8.42. The van der Waals surface area contributed by atoms with Crippen LogP contribution in [0.15, 0.2) is 24.3 Å². The molecule has 0 spiro atoms. The van der Waals surface area contributed by atoms with Crippen molar-refractivity contribution < 1.29 is 23.6 Å². The van der Waals surface area contributed by atoms with Crippen molar-refractivity contribution >= 4 is 45.2 Å². The smallest absolute Gasteiger partial charge is 0.310 e. The van der Waals surface area contributed by atoms with Crippen molar-refractivity contribution in [3.8, 4) is 0 Å². The summed E-state index contributed by atoms with van der Waals surface area (Å²) in [6.45, 7) is 7.53. The van der Waals surface area contributed by atoms with Gasteiger partial charge in [-0.05, 0) is 55.8 Å². The van der Waals surface area contributed by atoms with Gasteiger partial charge >= 0.3 is 5.97 Å². The topological polar surface area (TPSA) is 79.8 Å². The van der Waals surface area contributed by atoms with Gasteiger partial charge in [-0.15, -0.1) is 0 Å². The maximum absolute atomic E-state index is 13.0. The van der Waals surface area contributed by atoms with E-state index >= 15 is 0 Å². The number of esters is 1. The quantitative estimate of drug-likeness (QED) is 0.0530. The molecule has 9 heteroatoms. The molecule has 0 bridgehead atoms. The van der Waals surface area contributed by atoms with E-state index in [1.165, 1.54) is 80.7 Å². The van der Waals surface area contributed by atoms with Crippen molar-refractivity contribution in [3.63, 3.8) is 0 Å². The van der Waals surface area contributed by atoms with E-state index in [0.717, 1.165) is 94.4 Å². The lowest BCUT2D eigenvalue weighted by Gasteiger charge is -2.44. The molecule has 0 radical (unpaired) electrons. The van der Waals surface area contributed by atoms with Gasteiger partial charge in [0.25, 0.3) is 0 Å². The Morgan fingerprint density at radius 2 is 1.41 bits per heavy atom. The summed E-state index contributed by atoms with van der Waals surface area (Å²) in [6.07, 6.45) is 22.8. The Morgan fingerprint density at radius 1 is 0.816 bits per heavy atom. The molecule has 3 heterocycles. The zero-order valence-electron chi connectivity index (χ0n) is 30.4. The lowest BCUT2D eigenvalue weighted by molar-refractivity contribution is -0.944. The number of fused-ring (bicyclic) bond motifs is 2. The van der Waals surface area contributed by atoms with Gasteiger partial charge in [-0.25, -0.2) is 0 Å². The molecule has 1 aromatic carbocycles. The monoisotopic (exact) mass is 695 g/mol. The summed E-state index contributed by atoms with van der Waals surface area (Å²) in [4.78, 5) is 42.8. The normalized spacial score (nSPS) is 20.7. The molecular weight excluding hydrogens is 633 g/mol. The molecule has 1 aliphatic carbocycles. The fourth-order valence-corrected chi connectivity index (χ4v) is 9.15. The predicted octanol–water partition coefficient (Wildman–Crippen LogP) is 8.87. The van der Waals surface area contributed by atoms with Crippen molar-refractivity contribution in [1.82, 2.24) is 9.27 Å². The lowest BCUT2D eigenvalue weighted by Crippen LogP contribution is -2.61. The average Bonchev–Trinajstić information content (AvgIpc) is 3.66. The molecular formula is C40H63N4O4S+. The van der Waals surface area contributed by atoms with Gasteiger partial charge < -0.3 is 9.64 Å². The van der Waals surface area contributed by atoms with E-state index in [9.17, 15) is 14.4 Å². The minimum Gasteiger partial charge on any atom is -0.415 e. The average molecular weight is 696 g/mol. The molecule has 1 saturated carbocycles. The number of hydrogen-bond acceptors (Lipinski definition) is 7. The minimum atomic E-state index is -0.0798. The van der Waals surface area contributed by atoms with Gasteiger partial charge in [0.1, 0.15) is 0 Å². The number of carbonyl (C=O) groups is 3. The van der Waals surface area contributed by atoms with Crippen LogP contribution in [-0.4, -0.2) is 77.5 Å². The van der Waals surface area contributed by atoms with Crippen molar-refractivity contribution in [2.45, 2.75) is 135 Å². The first-order chi connectivity index (χ1) is 24.0. The van der Waals surface area contributed by atoms with Gasteiger partial charge in [0.2, 0.25) is 18.5 Å². The number of imide groups is 1. The van der Waals surface area contributed by atoms with Crippen LogP contribution in [0.1, 0.15) is 135 Å². The standard InChI is InChI=1S/C40H63N4O4S/c1-2-3-4-5-6-7-8-9-10-11-12-13-14-25-37(45)48-32-44(29-20-19-26-43-39(46)33-21-15-16-22-34(33)40(43)47)30-27-42(28-31-44)38-35-23-17-18-24-36(35)49-41-38/h17-18,23-24,33-34H,2-16,19-22,25-32H2,1H3/q+1. The molecule has 2 saturated heterocycles. The largest absolute Gasteiger partial charge is 0.415 e. The summed E-state index contributed by atoms with van der Waals surface area (Å²) in [5.74, 6) is 0.942. The highest BCUT2D eigenvalue weighted by molar-refractivity contribution is 7.13. The molecule has 5 rings (SSSR count). The summed E-state index contributed by atoms with van der Waals surface area (Å²) >= 11 is 1.55. The molecule has 3 fully saturated rings. The summed E-state index contributed by atoms with van der Waals surface area (Å²) in [5, 5.41) is 1.21. The van der Waals surface area contributed by atoms with E-state index in [-0.39, 0.29) is 29.6 Å². The highest BCUT2D eigenvalue weighted by atomic mass is 32.1. The molecule has 2 unspecified atom stereocenters. The summed E-state index contributed by atoms with van der Waals surface area (Å²) in [5.41, 5.74) is 0. The van der Waals surface area contributed by atoms with Gasteiger partial charge in [0.05, 0.1) is 49.3 Å². The summed E-state index contributed by atoms with van der Waals surface area (Å²) < 4.78 is 12.7. The van der Waals surface area contributed by atoms with Crippen LogP contribution in [0.2, 0.25) is 0 Å². The number of likely N-dealkylation sites (tertiary alicyclic amines) is 1. The molecule has 2 aromatic rings. The third-order valence-corrected chi connectivity index (χ3v) is 12.3. The second kappa shape index (κ2) is 19.8. The molecule has 2 aliphatic heterocycles. The fourth-order valence-electron chi connectivity index (χ4n) is 8.36. The molecule has 49 heavy (non-hydrogen) atoms. The van der Waals surface area contributed by atoms with Crippen LogP contribution < -0.4 is 4.90 Å². The number of rotatable bonds is 22. The van der Waals surface area contributed by atoms with E-state index < -0.39 is 0 Å². The fraction of sp³-hybridized carbons (Fsp3) is 0.750. The molecule has 1 aromatic heterocycles. The van der Waals surface area contributed by atoms with Crippen LogP contribution in [0.25, 0.3) is 10.1 Å². The number of unbranched alkanes of at least 4 members (excludes halogenated alkanes) is 13. The van der Waals surface area contributed by atoms with E-state index in [2.05, 4.69) is 36.1 Å². The molecule has 272 valence electrons. The van der Waals surface area contributed by atoms with Crippen molar-refractivity contribution in [2.75, 3.05) is 50.9 Å². The molecule has 3 aliphatic rings. The lowest BCUT2D eigenvalue weighted by atomic mass is 9.81. The Balaban J connectivity index is 1.04. The van der Waals surface area contributed by atoms with Crippen LogP contribution in [0.4, 0.5) is 5.82 Å². The van der Waals surface area contributed by atoms with E-state index in [0.29, 0.717) is 19.7 Å². The van der Waals surface area contributed by atoms with Crippen LogP contribution in [-0.2, 0) is 19.1 Å². The van der Waals surface area contributed by atoms with Gasteiger partial charge in [0.15, 0.2) is 5.82 Å². The number of nitrogens with zero attached hydrogens (tertiary/aromatic N) is 4. The Bertz CT molecular complexity index is 1300. The third-order valence-electron chi connectivity index (χ3n) is 11.5. The number of anilines is 1. The Hall–Kier alpha value is -2.52. The van der Waals surface area contributed by atoms with E-state index in [1.807, 2.05) is 0 Å². The Kier molecular flexibility index (Phi) is 15.2. The van der Waals surface area contributed by atoms with Gasteiger partial charge in [-0.1, -0.05) is 109 Å². The zero-order chi connectivity index (χ0) is 34.3. The number of amides is 2. The molecule has 2 atom stereocenters. The minimum absolute atomic E-state index is 0.0600. The Morgan fingerprint density at radius 3 is 2.04 bits per heavy atom. The number of hydrogen-bond donors (Lipinski definition) is 0. The summed E-state index contributed by atoms with van der Waals surface area (Å²) in [7, 11) is 0. The van der Waals surface area contributed by atoms with Crippen molar-refractivity contribution in [3.05, 3.63) is 24.3 Å². The Labute approximate surface area is 299 Å². The number of aromatic nitrogens is 1. The maximum atomic E-state index is 13.0. The maximum Gasteiger partial charge on any atom is 0.310 e. The van der Waals surface area contributed by atoms with E-state index in [1.54, 1.807) is 16.4 Å². The van der Waals surface area contributed by atoms with Crippen molar-refractivity contribution in [2.24, 2.45) is 11.8 Å². The number of carbonyl (C=O) groups excluding carboxylic acids is 3. The van der Waals surface area contributed by atoms with E-state index in [4.69, 9.17) is 9.11 Å². The SMILES string of the molecule is CCCCCCCCCCCCCCCC(=O)OC[N+]1(CCCCN2C(=O)C3CCCCC3C2=O)CCN(c2nsc3ccccc23)CC1. The predicted molar refractivity (Wildman–Crippen MR) is 199 cm³/mol. The molecule has 2 amide bonds. The second-order valence-corrected chi connectivity index (χ2v) is 16.0. The highest BCUT2D eigenvalue weighted by Crippen LogP contribution is 2.38. The van der Waals surface area contributed by atoms with Gasteiger partial charge in [-0.3, -0.25) is 23.8 Å². The second-order valence-electron chi connectivity index (χ2n) is 15.2. The zero-order valence-corrected chi connectivity index (χ0v) is 31.2. The number of quaternary nitrogens is 1. The number of piperazine rings is 1. The first-order valence-electron chi connectivity index (χ1n) is 20.0. The first kappa shape index (κ1) is 37.7. The number of ether oxygens (including phenoxy) is 1. The third kappa shape index (κ3) is 10.7. The van der Waals surface area contributed by atoms with Crippen LogP contribution in [0, 0.1) is 11.8 Å². The van der Waals surface area contributed by atoms with Crippen LogP contribution in [0.3, 0.4) is 0 Å². The first-order valence-corrected chi connectivity index (χ1v) is 20.7. The highest BCUT2D eigenvalue weighted by Gasteiger charge is 2.47. The van der Waals surface area contributed by atoms with Crippen LogP contribution >= 0.6 is 11.5 Å². The molecule has 0 N–H and O–H groups in total. The molecule has 8 nitrogen and oxygen atoms in total.